The number of rotatable bonds is 5. The monoisotopic (exact) mass is 353 g/mol. The Kier molecular flexibility index (Phi) is 6.09. The van der Waals surface area contributed by atoms with E-state index >= 15 is 0 Å². The number of carbonyl (C=O) groups is 1. The lowest BCUT2D eigenvalue weighted by atomic mass is 9.86. The Morgan fingerprint density at radius 1 is 1.04 bits per heavy atom. The molecular formula is C22H27NO3. The molecule has 4 heteroatoms. The maximum absolute atomic E-state index is 12.5. The number of hydrogen-bond donors (Lipinski definition) is 1. The van der Waals surface area contributed by atoms with Crippen molar-refractivity contribution in [1.82, 2.24) is 0 Å². The number of carbonyl (C=O) groups excluding carboxylic acids is 1. The van der Waals surface area contributed by atoms with Crippen molar-refractivity contribution < 1.29 is 14.3 Å². The van der Waals surface area contributed by atoms with E-state index in [1.165, 1.54) is 0 Å². The number of amides is 1. The van der Waals surface area contributed by atoms with Gasteiger partial charge < -0.3 is 14.8 Å². The molecule has 1 N–H and O–H groups in total. The van der Waals surface area contributed by atoms with Crippen molar-refractivity contribution in [3.05, 3.63) is 59.7 Å². The van der Waals surface area contributed by atoms with Gasteiger partial charge in [-0.05, 0) is 41.7 Å². The Labute approximate surface area is 155 Å². The summed E-state index contributed by atoms with van der Waals surface area (Å²) >= 11 is 0. The molecule has 0 atom stereocenters. The number of nitrogens with one attached hydrogen (secondary N) is 1. The topological polar surface area (TPSA) is 47.6 Å². The van der Waals surface area contributed by atoms with Gasteiger partial charge in [0.2, 0.25) is 5.91 Å². The van der Waals surface area contributed by atoms with Crippen molar-refractivity contribution in [2.24, 2.45) is 0 Å². The molecule has 0 radical (unpaired) electrons. The molecule has 4 nitrogen and oxygen atoms in total. The minimum absolute atomic E-state index is 0.0537. The van der Waals surface area contributed by atoms with E-state index in [2.05, 4.69) is 26.1 Å². The van der Waals surface area contributed by atoms with Crippen LogP contribution in [0.5, 0.6) is 11.5 Å². The number of para-hydroxylation sites is 1. The predicted molar refractivity (Wildman–Crippen MR) is 107 cm³/mol. The third kappa shape index (κ3) is 4.66. The second-order valence-electron chi connectivity index (χ2n) is 7.18. The van der Waals surface area contributed by atoms with Crippen LogP contribution in [0.4, 0.5) is 5.69 Å². The summed E-state index contributed by atoms with van der Waals surface area (Å²) in [6.07, 6.45) is 1.59. The van der Waals surface area contributed by atoms with Gasteiger partial charge in [0.05, 0.1) is 14.2 Å². The van der Waals surface area contributed by atoms with Crippen molar-refractivity contribution in [3.63, 3.8) is 0 Å². The first-order valence-electron chi connectivity index (χ1n) is 8.57. The van der Waals surface area contributed by atoms with E-state index in [1.807, 2.05) is 43.3 Å². The molecule has 0 fully saturated rings. The summed E-state index contributed by atoms with van der Waals surface area (Å²) < 4.78 is 10.6. The molecule has 26 heavy (non-hydrogen) atoms. The van der Waals surface area contributed by atoms with Crippen LogP contribution in [0.2, 0.25) is 0 Å². The van der Waals surface area contributed by atoms with Crippen LogP contribution in [0.1, 0.15) is 38.8 Å². The Hall–Kier alpha value is -2.75. The predicted octanol–water partition coefficient (Wildman–Crippen LogP) is 5.04. The zero-order chi connectivity index (χ0) is 19.3. The highest BCUT2D eigenvalue weighted by Gasteiger charge is 2.18. The third-order valence-corrected chi connectivity index (χ3v) is 4.17. The van der Waals surface area contributed by atoms with Gasteiger partial charge in [-0.1, -0.05) is 39.0 Å². The standard InChI is InChI=1S/C22H27NO3/c1-15(17-12-11-16(25-5)14-20(17)26-6)13-21(24)23-19-10-8-7-9-18(19)22(2,3)4/h7-14H,1-6H3,(H,23,24)/b15-13+. The van der Waals surface area contributed by atoms with Gasteiger partial charge in [0.15, 0.2) is 0 Å². The maximum Gasteiger partial charge on any atom is 0.248 e. The Balaban J connectivity index is 2.27. The van der Waals surface area contributed by atoms with Gasteiger partial charge in [0.1, 0.15) is 11.5 Å². The first-order valence-corrected chi connectivity index (χ1v) is 8.57. The van der Waals surface area contributed by atoms with Gasteiger partial charge in [-0.25, -0.2) is 0 Å². The summed E-state index contributed by atoms with van der Waals surface area (Å²) in [4.78, 5) is 12.5. The van der Waals surface area contributed by atoms with Gasteiger partial charge in [-0.15, -0.1) is 0 Å². The third-order valence-electron chi connectivity index (χ3n) is 4.17. The highest BCUT2D eigenvalue weighted by atomic mass is 16.5. The largest absolute Gasteiger partial charge is 0.497 e. The zero-order valence-corrected chi connectivity index (χ0v) is 16.3. The van der Waals surface area contributed by atoms with Crippen LogP contribution in [0.3, 0.4) is 0 Å². The first kappa shape index (κ1) is 19.6. The molecular weight excluding hydrogens is 326 g/mol. The number of hydrogen-bond acceptors (Lipinski definition) is 3. The minimum atomic E-state index is -0.169. The van der Waals surface area contributed by atoms with E-state index in [-0.39, 0.29) is 11.3 Å². The lowest BCUT2D eigenvalue weighted by Gasteiger charge is -2.22. The van der Waals surface area contributed by atoms with Gasteiger partial charge in [-0.2, -0.15) is 0 Å². The van der Waals surface area contributed by atoms with Crippen molar-refractivity contribution >= 4 is 17.2 Å². The van der Waals surface area contributed by atoms with Gasteiger partial charge in [-0.3, -0.25) is 4.79 Å². The van der Waals surface area contributed by atoms with E-state index in [1.54, 1.807) is 26.4 Å². The van der Waals surface area contributed by atoms with Gasteiger partial charge >= 0.3 is 0 Å². The molecule has 0 unspecified atom stereocenters. The molecule has 0 saturated heterocycles. The van der Waals surface area contributed by atoms with Crippen LogP contribution in [0.25, 0.3) is 5.57 Å². The van der Waals surface area contributed by atoms with Crippen LogP contribution in [0.15, 0.2) is 48.5 Å². The number of methoxy groups -OCH3 is 2. The molecule has 138 valence electrons. The van der Waals surface area contributed by atoms with E-state index in [9.17, 15) is 4.79 Å². The number of anilines is 1. The van der Waals surface area contributed by atoms with Crippen LogP contribution in [-0.4, -0.2) is 20.1 Å². The molecule has 2 aromatic carbocycles. The van der Waals surface area contributed by atoms with E-state index in [0.717, 1.165) is 22.4 Å². The number of ether oxygens (including phenoxy) is 2. The molecule has 0 aromatic heterocycles. The molecule has 2 aromatic rings. The molecule has 0 spiro atoms. The summed E-state index contributed by atoms with van der Waals surface area (Å²) in [5, 5.41) is 3.00. The average Bonchev–Trinajstić information content (AvgIpc) is 2.60. The van der Waals surface area contributed by atoms with Crippen LogP contribution in [0, 0.1) is 0 Å². The second-order valence-corrected chi connectivity index (χ2v) is 7.18. The first-order chi connectivity index (χ1) is 12.3. The van der Waals surface area contributed by atoms with Gasteiger partial charge in [0, 0.05) is 23.4 Å². The lowest BCUT2D eigenvalue weighted by molar-refractivity contribution is -0.111. The molecule has 2 rings (SSSR count). The maximum atomic E-state index is 12.5. The minimum Gasteiger partial charge on any atom is -0.497 e. The van der Waals surface area contributed by atoms with E-state index < -0.39 is 0 Å². The van der Waals surface area contributed by atoms with Crippen LogP contribution in [-0.2, 0) is 10.2 Å². The van der Waals surface area contributed by atoms with Crippen molar-refractivity contribution in [1.29, 1.82) is 0 Å². The van der Waals surface area contributed by atoms with Crippen LogP contribution < -0.4 is 14.8 Å². The molecule has 0 aliphatic carbocycles. The normalized spacial score (nSPS) is 11.8. The highest BCUT2D eigenvalue weighted by molar-refractivity contribution is 6.04. The fourth-order valence-electron chi connectivity index (χ4n) is 2.81. The quantitative estimate of drug-likeness (QED) is 0.766. The molecule has 1 amide bonds. The summed E-state index contributed by atoms with van der Waals surface area (Å²) in [6, 6.07) is 13.4. The second kappa shape index (κ2) is 8.09. The molecule has 0 heterocycles. The van der Waals surface area contributed by atoms with Crippen molar-refractivity contribution in [3.8, 4) is 11.5 Å². The summed E-state index contributed by atoms with van der Waals surface area (Å²) in [6.45, 7) is 8.27. The highest BCUT2D eigenvalue weighted by Crippen LogP contribution is 2.31. The molecule has 0 saturated carbocycles. The smallest absolute Gasteiger partial charge is 0.248 e. The summed E-state index contributed by atoms with van der Waals surface area (Å²) in [7, 11) is 3.21. The average molecular weight is 353 g/mol. The SMILES string of the molecule is COc1ccc(/C(C)=C/C(=O)Nc2ccccc2C(C)(C)C)c(OC)c1. The molecule has 0 aliphatic rings. The van der Waals surface area contributed by atoms with Crippen LogP contribution >= 0.6 is 0 Å². The summed E-state index contributed by atoms with van der Waals surface area (Å²) in [5.41, 5.74) is 3.54. The number of benzene rings is 2. The molecule has 0 bridgehead atoms. The fourth-order valence-corrected chi connectivity index (χ4v) is 2.81. The van der Waals surface area contributed by atoms with Gasteiger partial charge in [0.25, 0.3) is 0 Å². The number of allylic oxidation sites excluding steroid dienone is 1. The van der Waals surface area contributed by atoms with Crippen molar-refractivity contribution in [2.75, 3.05) is 19.5 Å². The Morgan fingerprint density at radius 2 is 1.73 bits per heavy atom. The van der Waals surface area contributed by atoms with E-state index in [0.29, 0.717) is 11.5 Å². The Bertz CT molecular complexity index is 816. The zero-order valence-electron chi connectivity index (χ0n) is 16.3. The molecule has 0 aliphatic heterocycles. The lowest BCUT2D eigenvalue weighted by Crippen LogP contribution is -2.17. The fraction of sp³-hybridized carbons (Fsp3) is 0.318. The summed E-state index contributed by atoms with van der Waals surface area (Å²) in [5.74, 6) is 1.21. The van der Waals surface area contributed by atoms with E-state index in [4.69, 9.17) is 9.47 Å². The van der Waals surface area contributed by atoms with Crippen molar-refractivity contribution in [2.45, 2.75) is 33.1 Å². The Morgan fingerprint density at radius 3 is 2.35 bits per heavy atom.